The molecule has 0 saturated heterocycles. The molecule has 3 nitrogen and oxygen atoms in total. The maximum Gasteiger partial charge on any atom is 0.119 e. The highest BCUT2D eigenvalue weighted by Gasteiger charge is 2.22. The predicted molar refractivity (Wildman–Crippen MR) is 96.0 cm³/mol. The Morgan fingerprint density at radius 2 is 1.61 bits per heavy atom. The lowest BCUT2D eigenvalue weighted by Crippen LogP contribution is -2.17. The zero-order valence-electron chi connectivity index (χ0n) is 13.9. The van der Waals surface area contributed by atoms with Crippen molar-refractivity contribution in [3.8, 4) is 11.5 Å². The smallest absolute Gasteiger partial charge is 0.119 e. The number of methoxy groups -OCH3 is 2. The summed E-state index contributed by atoms with van der Waals surface area (Å²) in [5.41, 5.74) is 4.12. The zero-order chi connectivity index (χ0) is 15.5. The normalized spacial score (nSPS) is 17.6. The van der Waals surface area contributed by atoms with Gasteiger partial charge in [-0.2, -0.15) is 0 Å². The third kappa shape index (κ3) is 3.80. The molecule has 2 aromatic rings. The summed E-state index contributed by atoms with van der Waals surface area (Å²) in [6.45, 7) is 2.06. The van der Waals surface area contributed by atoms with Gasteiger partial charge in [-0.15, -0.1) is 12.4 Å². The van der Waals surface area contributed by atoms with E-state index in [2.05, 4.69) is 42.3 Å². The average molecular weight is 334 g/mol. The van der Waals surface area contributed by atoms with E-state index in [1.165, 1.54) is 16.7 Å². The molecule has 0 aliphatic carbocycles. The Kier molecular flexibility index (Phi) is 5.91. The van der Waals surface area contributed by atoms with Gasteiger partial charge in [-0.05, 0) is 61.0 Å². The first-order valence-corrected chi connectivity index (χ1v) is 7.70. The minimum absolute atomic E-state index is 0. The van der Waals surface area contributed by atoms with E-state index in [1.54, 1.807) is 14.2 Å². The number of halogens is 1. The van der Waals surface area contributed by atoms with Crippen LogP contribution in [0.25, 0.3) is 0 Å². The molecule has 124 valence electrons. The third-order valence-electron chi connectivity index (χ3n) is 4.48. The topological polar surface area (TPSA) is 21.7 Å². The van der Waals surface area contributed by atoms with E-state index in [-0.39, 0.29) is 12.4 Å². The maximum atomic E-state index is 5.39. The largest absolute Gasteiger partial charge is 0.497 e. The number of ether oxygens (including phenoxy) is 2. The quantitative estimate of drug-likeness (QED) is 0.844. The second-order valence-corrected chi connectivity index (χ2v) is 5.92. The van der Waals surface area contributed by atoms with Crippen molar-refractivity contribution in [3.63, 3.8) is 0 Å². The molecule has 23 heavy (non-hydrogen) atoms. The number of rotatable bonds is 3. The Balaban J connectivity index is 0.00000192. The summed E-state index contributed by atoms with van der Waals surface area (Å²) >= 11 is 0. The lowest BCUT2D eigenvalue weighted by Gasteiger charge is -2.18. The van der Waals surface area contributed by atoms with Crippen molar-refractivity contribution < 1.29 is 9.47 Å². The SMILES string of the molecule is COc1ccc(C2CCN(C)Cc3cc(OC)ccc32)cc1.Cl. The van der Waals surface area contributed by atoms with Gasteiger partial charge >= 0.3 is 0 Å². The molecule has 0 amide bonds. The Morgan fingerprint density at radius 1 is 0.957 bits per heavy atom. The highest BCUT2D eigenvalue weighted by atomic mass is 35.5. The van der Waals surface area contributed by atoms with Crippen LogP contribution in [0, 0.1) is 0 Å². The van der Waals surface area contributed by atoms with Crippen molar-refractivity contribution in [2.75, 3.05) is 27.8 Å². The van der Waals surface area contributed by atoms with Crippen LogP contribution in [0.3, 0.4) is 0 Å². The van der Waals surface area contributed by atoms with Gasteiger partial charge in [0.15, 0.2) is 0 Å². The van der Waals surface area contributed by atoms with Crippen LogP contribution < -0.4 is 9.47 Å². The zero-order valence-corrected chi connectivity index (χ0v) is 14.7. The van der Waals surface area contributed by atoms with Crippen molar-refractivity contribution in [2.45, 2.75) is 18.9 Å². The number of hydrogen-bond acceptors (Lipinski definition) is 3. The fourth-order valence-electron chi connectivity index (χ4n) is 3.24. The molecule has 0 spiro atoms. The van der Waals surface area contributed by atoms with Gasteiger partial charge < -0.3 is 14.4 Å². The summed E-state index contributed by atoms with van der Waals surface area (Å²) in [4.78, 5) is 2.38. The summed E-state index contributed by atoms with van der Waals surface area (Å²) in [5, 5.41) is 0. The van der Waals surface area contributed by atoms with Gasteiger partial charge in [0.25, 0.3) is 0 Å². The van der Waals surface area contributed by atoms with Gasteiger partial charge in [-0.3, -0.25) is 0 Å². The Hall–Kier alpha value is -1.71. The van der Waals surface area contributed by atoms with Gasteiger partial charge in [0.1, 0.15) is 11.5 Å². The summed E-state index contributed by atoms with van der Waals surface area (Å²) < 4.78 is 10.7. The highest BCUT2D eigenvalue weighted by molar-refractivity contribution is 5.85. The lowest BCUT2D eigenvalue weighted by molar-refractivity contribution is 0.327. The van der Waals surface area contributed by atoms with E-state index >= 15 is 0 Å². The Labute approximate surface area is 144 Å². The van der Waals surface area contributed by atoms with Crippen molar-refractivity contribution >= 4 is 12.4 Å². The van der Waals surface area contributed by atoms with Crippen LogP contribution >= 0.6 is 12.4 Å². The second-order valence-electron chi connectivity index (χ2n) is 5.92. The minimum atomic E-state index is 0. The van der Waals surface area contributed by atoms with Gasteiger partial charge in [-0.25, -0.2) is 0 Å². The van der Waals surface area contributed by atoms with Crippen molar-refractivity contribution in [3.05, 3.63) is 59.2 Å². The van der Waals surface area contributed by atoms with Gasteiger partial charge in [0, 0.05) is 12.5 Å². The van der Waals surface area contributed by atoms with Crippen LogP contribution in [-0.4, -0.2) is 32.7 Å². The van der Waals surface area contributed by atoms with Crippen LogP contribution in [0.1, 0.15) is 29.0 Å². The molecule has 2 aromatic carbocycles. The number of fused-ring (bicyclic) bond motifs is 1. The average Bonchev–Trinajstić information content (AvgIpc) is 2.72. The molecule has 1 atom stereocenters. The van der Waals surface area contributed by atoms with Crippen LogP contribution in [-0.2, 0) is 6.54 Å². The molecule has 1 aliphatic rings. The fourth-order valence-corrected chi connectivity index (χ4v) is 3.24. The first-order valence-electron chi connectivity index (χ1n) is 7.70. The number of hydrogen-bond donors (Lipinski definition) is 0. The van der Waals surface area contributed by atoms with Gasteiger partial charge in [0.2, 0.25) is 0 Å². The molecule has 0 N–H and O–H groups in total. The molecule has 0 radical (unpaired) electrons. The Morgan fingerprint density at radius 3 is 2.26 bits per heavy atom. The van der Waals surface area contributed by atoms with Crippen molar-refractivity contribution in [1.82, 2.24) is 4.90 Å². The molecule has 0 aromatic heterocycles. The fraction of sp³-hybridized carbons (Fsp3) is 0.368. The Bertz CT molecular complexity index is 642. The van der Waals surface area contributed by atoms with Gasteiger partial charge in [-0.1, -0.05) is 18.2 Å². The van der Waals surface area contributed by atoms with Crippen LogP contribution in [0.2, 0.25) is 0 Å². The van der Waals surface area contributed by atoms with E-state index in [1.807, 2.05) is 12.1 Å². The highest BCUT2D eigenvalue weighted by Crippen LogP contribution is 2.35. The summed E-state index contributed by atoms with van der Waals surface area (Å²) in [7, 11) is 5.61. The molecule has 1 aliphatic heterocycles. The summed E-state index contributed by atoms with van der Waals surface area (Å²) in [6.07, 6.45) is 1.13. The number of nitrogens with zero attached hydrogens (tertiary/aromatic N) is 1. The van der Waals surface area contributed by atoms with Gasteiger partial charge in [0.05, 0.1) is 14.2 Å². The monoisotopic (exact) mass is 333 g/mol. The predicted octanol–water partition coefficient (Wildman–Crippen LogP) is 4.09. The van der Waals surface area contributed by atoms with Crippen molar-refractivity contribution in [1.29, 1.82) is 0 Å². The minimum Gasteiger partial charge on any atom is -0.497 e. The second kappa shape index (κ2) is 7.71. The first-order chi connectivity index (χ1) is 10.7. The summed E-state index contributed by atoms with van der Waals surface area (Å²) in [6, 6.07) is 14.9. The summed E-state index contributed by atoms with van der Waals surface area (Å²) in [5.74, 6) is 2.27. The van der Waals surface area contributed by atoms with Crippen LogP contribution in [0.4, 0.5) is 0 Å². The molecule has 4 heteroatoms. The van der Waals surface area contributed by atoms with Crippen LogP contribution in [0.15, 0.2) is 42.5 Å². The molecule has 0 fully saturated rings. The molecule has 0 bridgehead atoms. The van der Waals surface area contributed by atoms with E-state index in [9.17, 15) is 0 Å². The molecular weight excluding hydrogens is 310 g/mol. The lowest BCUT2D eigenvalue weighted by atomic mass is 9.86. The van der Waals surface area contributed by atoms with E-state index in [4.69, 9.17) is 9.47 Å². The molecule has 1 unspecified atom stereocenters. The first kappa shape index (κ1) is 17.6. The molecular formula is C19H24ClNO2. The molecule has 3 rings (SSSR count). The van der Waals surface area contributed by atoms with E-state index in [0.29, 0.717) is 5.92 Å². The molecule has 1 heterocycles. The van der Waals surface area contributed by atoms with E-state index in [0.717, 1.165) is 31.0 Å². The van der Waals surface area contributed by atoms with Crippen molar-refractivity contribution in [2.24, 2.45) is 0 Å². The maximum absolute atomic E-state index is 5.39. The third-order valence-corrected chi connectivity index (χ3v) is 4.48. The molecule has 0 saturated carbocycles. The van der Waals surface area contributed by atoms with E-state index < -0.39 is 0 Å². The standard InChI is InChI=1S/C19H23NO2.ClH/c1-20-11-10-19(14-4-6-16(21-2)7-5-14)18-9-8-17(22-3)12-15(18)13-20;/h4-9,12,19H,10-11,13H2,1-3H3;1H. The number of benzene rings is 2. The van der Waals surface area contributed by atoms with Crippen LogP contribution in [0.5, 0.6) is 11.5 Å².